The Morgan fingerprint density at radius 3 is 2.49 bits per heavy atom. The number of carbonyl (C=O) groups excluding carboxylic acids is 5. The number of fused-ring (bicyclic) bond motifs is 2. The zero-order valence-corrected chi connectivity index (χ0v) is 34.6. The summed E-state index contributed by atoms with van der Waals surface area (Å²) in [6.45, 7) is 8.94. The number of aromatic nitrogens is 2. The van der Waals surface area contributed by atoms with Gasteiger partial charge in [-0.2, -0.15) is 0 Å². The Morgan fingerprint density at radius 2 is 1.78 bits per heavy atom. The second kappa shape index (κ2) is 16.3. The van der Waals surface area contributed by atoms with E-state index in [4.69, 9.17) is 21.1 Å². The van der Waals surface area contributed by atoms with E-state index in [-0.39, 0.29) is 40.7 Å². The van der Waals surface area contributed by atoms with Gasteiger partial charge in [0.1, 0.15) is 23.2 Å². The summed E-state index contributed by atoms with van der Waals surface area (Å²) in [6.07, 6.45) is 6.44. The normalized spacial score (nSPS) is 20.3. The van der Waals surface area contributed by atoms with Gasteiger partial charge in [0.05, 0.1) is 28.8 Å². The summed E-state index contributed by atoms with van der Waals surface area (Å²) >= 11 is 6.63. The van der Waals surface area contributed by atoms with E-state index in [2.05, 4.69) is 32.5 Å². The van der Waals surface area contributed by atoms with Crippen LogP contribution in [0.3, 0.4) is 0 Å². The predicted molar refractivity (Wildman–Crippen MR) is 223 cm³/mol. The highest BCUT2D eigenvalue weighted by molar-refractivity contribution is 6.34. The van der Waals surface area contributed by atoms with Crippen molar-refractivity contribution in [3.63, 3.8) is 0 Å². The zero-order chi connectivity index (χ0) is 41.6. The minimum atomic E-state index is -0.692. The standard InChI is InChI=1S/C44H50ClN7O7/c1-44(2,3)59-43(57)52-36-23-38(46-24-27(36)21-37(52)34-9-6-17-49(34)4)47-40(54)30-11-10-28(22-32(30)45)58-20-16-26-14-18-50(19-15-26)33-8-5-7-29-31(33)25-51(42(29)56)35-12-13-39(53)48-41(35)55/h5,7-8,10-11,21-24,26,34-35H,6,9,12-20,25H2,1-4H3,(H,46,47,54)(H,48,53,55)/t34-,35?/m1/s1. The number of carbonyl (C=O) groups is 5. The summed E-state index contributed by atoms with van der Waals surface area (Å²) in [6, 6.07) is 13.8. The van der Waals surface area contributed by atoms with Crippen molar-refractivity contribution in [3.05, 3.63) is 82.1 Å². The highest BCUT2D eigenvalue weighted by Crippen LogP contribution is 2.38. The van der Waals surface area contributed by atoms with Gasteiger partial charge in [0.2, 0.25) is 11.8 Å². The molecular weight excluding hydrogens is 774 g/mol. The number of halogens is 1. The molecule has 4 aromatic rings. The van der Waals surface area contributed by atoms with Gasteiger partial charge in [-0.1, -0.05) is 17.7 Å². The number of amides is 4. The maximum absolute atomic E-state index is 13.5. The van der Waals surface area contributed by atoms with Crippen LogP contribution in [0.5, 0.6) is 5.75 Å². The van der Waals surface area contributed by atoms with Crippen molar-refractivity contribution in [3.8, 4) is 5.75 Å². The van der Waals surface area contributed by atoms with Crippen LogP contribution < -0.4 is 20.3 Å². The first-order chi connectivity index (χ1) is 28.2. The van der Waals surface area contributed by atoms with Crippen molar-refractivity contribution in [2.24, 2.45) is 5.92 Å². The summed E-state index contributed by atoms with van der Waals surface area (Å²) in [5.74, 6) is -0.0304. The van der Waals surface area contributed by atoms with Gasteiger partial charge in [-0.05, 0) is 115 Å². The van der Waals surface area contributed by atoms with E-state index in [1.165, 1.54) is 0 Å². The Kier molecular flexibility index (Phi) is 11.1. The summed E-state index contributed by atoms with van der Waals surface area (Å²) in [7, 11) is 2.05. The Balaban J connectivity index is 0.857. The smallest absolute Gasteiger partial charge is 0.419 e. The zero-order valence-electron chi connectivity index (χ0n) is 33.9. The number of hydrogen-bond acceptors (Lipinski definition) is 10. The fraction of sp³-hybridized carbons (Fsp3) is 0.455. The van der Waals surface area contributed by atoms with Crippen LogP contribution in [0.15, 0.2) is 54.7 Å². The predicted octanol–water partition coefficient (Wildman–Crippen LogP) is 6.94. The molecule has 8 rings (SSSR count). The minimum Gasteiger partial charge on any atom is -0.494 e. The molecule has 4 amide bonds. The number of nitrogens with zero attached hydrogens (tertiary/aromatic N) is 5. The van der Waals surface area contributed by atoms with Crippen LogP contribution in [0.4, 0.5) is 16.3 Å². The summed E-state index contributed by atoms with van der Waals surface area (Å²) < 4.78 is 13.5. The topological polar surface area (TPSA) is 155 Å². The van der Waals surface area contributed by atoms with E-state index in [0.717, 1.165) is 74.1 Å². The third-order valence-corrected chi connectivity index (χ3v) is 12.2. The summed E-state index contributed by atoms with van der Waals surface area (Å²) in [5.41, 5.74) is 3.58. The van der Waals surface area contributed by atoms with Crippen LogP contribution in [0, 0.1) is 5.92 Å². The number of benzene rings is 2. The molecule has 3 saturated heterocycles. The van der Waals surface area contributed by atoms with Gasteiger partial charge in [-0.15, -0.1) is 0 Å². The van der Waals surface area contributed by atoms with E-state index >= 15 is 0 Å². The summed E-state index contributed by atoms with van der Waals surface area (Å²) in [5, 5.41) is 6.23. The largest absolute Gasteiger partial charge is 0.494 e. The maximum atomic E-state index is 13.5. The molecule has 1 unspecified atom stereocenters. The Morgan fingerprint density at radius 1 is 0.983 bits per heavy atom. The highest BCUT2D eigenvalue weighted by atomic mass is 35.5. The number of ether oxygens (including phenoxy) is 2. The van der Waals surface area contributed by atoms with E-state index in [0.29, 0.717) is 42.3 Å². The van der Waals surface area contributed by atoms with Crippen LogP contribution in [-0.2, 0) is 20.9 Å². The number of hydrogen-bond donors (Lipinski definition) is 2. The molecule has 0 spiro atoms. The molecule has 6 heterocycles. The van der Waals surface area contributed by atoms with Crippen molar-refractivity contribution in [2.45, 2.75) is 89.9 Å². The van der Waals surface area contributed by atoms with E-state index in [1.807, 2.05) is 45.0 Å². The Hall–Kier alpha value is -5.47. The molecule has 2 atom stereocenters. The Labute approximate surface area is 348 Å². The fourth-order valence-electron chi connectivity index (χ4n) is 8.86. The van der Waals surface area contributed by atoms with Gasteiger partial charge < -0.3 is 24.6 Å². The molecule has 15 heteroatoms. The quantitative estimate of drug-likeness (QED) is 0.170. The van der Waals surface area contributed by atoms with E-state index in [1.54, 1.807) is 39.9 Å². The minimum absolute atomic E-state index is 0.0540. The molecule has 310 valence electrons. The lowest BCUT2D eigenvalue weighted by atomic mass is 9.93. The van der Waals surface area contributed by atoms with Crippen LogP contribution in [0.25, 0.3) is 10.9 Å². The molecule has 0 saturated carbocycles. The van der Waals surface area contributed by atoms with E-state index < -0.39 is 29.6 Å². The molecule has 3 fully saturated rings. The number of anilines is 2. The van der Waals surface area contributed by atoms with Crippen LogP contribution in [0.2, 0.25) is 5.02 Å². The number of nitrogens with one attached hydrogen (secondary N) is 2. The molecule has 0 aliphatic carbocycles. The van der Waals surface area contributed by atoms with Crippen molar-refractivity contribution < 1.29 is 33.4 Å². The maximum Gasteiger partial charge on any atom is 0.419 e. The molecule has 0 bridgehead atoms. The average Bonchev–Trinajstić information content (AvgIpc) is 3.88. The lowest BCUT2D eigenvalue weighted by molar-refractivity contribution is -0.136. The van der Waals surface area contributed by atoms with Gasteiger partial charge in [0.15, 0.2) is 0 Å². The van der Waals surface area contributed by atoms with Crippen LogP contribution in [0.1, 0.15) is 104 Å². The van der Waals surface area contributed by atoms with Crippen molar-refractivity contribution in [2.75, 3.05) is 43.5 Å². The lowest BCUT2D eigenvalue weighted by Crippen LogP contribution is -2.52. The van der Waals surface area contributed by atoms with E-state index in [9.17, 15) is 24.0 Å². The second-order valence-electron chi connectivity index (χ2n) is 17.0. The fourth-order valence-corrected chi connectivity index (χ4v) is 9.11. The number of imide groups is 1. The first kappa shape index (κ1) is 40.3. The third-order valence-electron chi connectivity index (χ3n) is 11.9. The molecule has 2 N–H and O–H groups in total. The van der Waals surface area contributed by atoms with Gasteiger partial charge in [0.25, 0.3) is 11.8 Å². The number of piperidine rings is 2. The van der Waals surface area contributed by atoms with Crippen molar-refractivity contribution in [1.29, 1.82) is 0 Å². The van der Waals surface area contributed by atoms with Crippen LogP contribution in [-0.4, -0.2) is 94.0 Å². The SMILES string of the molecule is CN1CCC[C@@H]1c1cc2cnc(NC(=O)c3ccc(OCCC4CCN(c5cccc6c5CN(C5CCC(=O)NC5=O)C6=O)CC4)cc3Cl)cc2n1C(=O)OC(C)(C)C. The van der Waals surface area contributed by atoms with Crippen LogP contribution >= 0.6 is 11.6 Å². The first-order valence-corrected chi connectivity index (χ1v) is 20.8. The van der Waals surface area contributed by atoms with Gasteiger partial charge in [0, 0.05) is 66.2 Å². The highest BCUT2D eigenvalue weighted by Gasteiger charge is 2.40. The second-order valence-corrected chi connectivity index (χ2v) is 17.4. The van der Waals surface area contributed by atoms with Gasteiger partial charge in [-0.25, -0.2) is 14.3 Å². The molecule has 59 heavy (non-hydrogen) atoms. The monoisotopic (exact) mass is 823 g/mol. The van der Waals surface area contributed by atoms with Gasteiger partial charge >= 0.3 is 6.09 Å². The molecule has 2 aromatic heterocycles. The molecule has 0 radical (unpaired) electrons. The molecule has 4 aliphatic rings. The van der Waals surface area contributed by atoms with Gasteiger partial charge in [-0.3, -0.25) is 29.4 Å². The molecule has 2 aromatic carbocycles. The number of rotatable bonds is 9. The average molecular weight is 824 g/mol. The number of likely N-dealkylation sites (tertiary alicyclic amines) is 1. The Bertz CT molecular complexity index is 2330. The third kappa shape index (κ3) is 8.38. The molecular formula is C44H50ClN7O7. The van der Waals surface area contributed by atoms with Crippen molar-refractivity contribution >= 4 is 63.7 Å². The lowest BCUT2D eigenvalue weighted by Gasteiger charge is -2.35. The molecule has 4 aliphatic heterocycles. The number of pyridine rings is 1. The molecule has 14 nitrogen and oxygen atoms in total. The first-order valence-electron chi connectivity index (χ1n) is 20.4. The summed E-state index contributed by atoms with van der Waals surface area (Å²) in [4.78, 5) is 75.2. The van der Waals surface area contributed by atoms with Crippen molar-refractivity contribution in [1.82, 2.24) is 24.7 Å².